The van der Waals surface area contributed by atoms with E-state index in [1.165, 1.54) is 0 Å². The van der Waals surface area contributed by atoms with Gasteiger partial charge in [-0.15, -0.1) is 0 Å². The van der Waals surface area contributed by atoms with E-state index in [4.69, 9.17) is 4.74 Å². The third-order valence-corrected chi connectivity index (χ3v) is 2.72. The van der Waals surface area contributed by atoms with Gasteiger partial charge < -0.3 is 4.74 Å². The molecule has 3 nitrogen and oxygen atoms in total. The van der Waals surface area contributed by atoms with Gasteiger partial charge in [-0.05, 0) is 35.0 Å². The van der Waals surface area contributed by atoms with E-state index >= 15 is 0 Å². The molecule has 1 aromatic carbocycles. The molecule has 72 valence electrons. The second-order valence-corrected chi connectivity index (χ2v) is 3.75. The zero-order valence-electron chi connectivity index (χ0n) is 7.91. The topological polar surface area (TPSA) is 35.0 Å². The van der Waals surface area contributed by atoms with Gasteiger partial charge in [-0.2, -0.15) is 0 Å². The van der Waals surface area contributed by atoms with Crippen LogP contribution in [-0.4, -0.2) is 17.1 Å². The number of fused-ring (bicyclic) bond motifs is 1. The minimum Gasteiger partial charge on any atom is -0.495 e. The van der Waals surface area contributed by atoms with Crippen LogP contribution < -0.4 is 4.74 Å². The van der Waals surface area contributed by atoms with Crippen molar-refractivity contribution >= 4 is 27.0 Å². The van der Waals surface area contributed by atoms with Gasteiger partial charge in [-0.3, -0.25) is 4.98 Å². The highest BCUT2D eigenvalue weighted by atomic mass is 79.9. The van der Waals surface area contributed by atoms with Crippen molar-refractivity contribution in [3.63, 3.8) is 0 Å². The molecule has 0 saturated heterocycles. The number of ether oxygens (including phenoxy) is 1. The fraction of sp³-hybridized carbons (Fsp3) is 0.200. The fourth-order valence-corrected chi connectivity index (χ4v) is 1.88. The number of aromatic nitrogens is 2. The molecule has 0 N–H and O–H groups in total. The first-order valence-electron chi connectivity index (χ1n) is 4.18. The van der Waals surface area contributed by atoms with Crippen molar-refractivity contribution in [3.05, 3.63) is 28.5 Å². The summed E-state index contributed by atoms with van der Waals surface area (Å²) in [5, 5.41) is 0. The number of nitrogens with zero attached hydrogens (tertiary/aromatic N) is 2. The van der Waals surface area contributed by atoms with Crippen LogP contribution in [0.5, 0.6) is 5.75 Å². The second-order valence-electron chi connectivity index (χ2n) is 2.96. The van der Waals surface area contributed by atoms with Gasteiger partial charge in [-0.1, -0.05) is 0 Å². The van der Waals surface area contributed by atoms with Crippen LogP contribution in [0.3, 0.4) is 0 Å². The highest BCUT2D eigenvalue weighted by Crippen LogP contribution is 2.30. The van der Waals surface area contributed by atoms with Crippen LogP contribution in [0.4, 0.5) is 0 Å². The summed E-state index contributed by atoms with van der Waals surface area (Å²) in [6.45, 7) is 1.92. The Morgan fingerprint density at radius 2 is 2.14 bits per heavy atom. The summed E-state index contributed by atoms with van der Waals surface area (Å²) < 4.78 is 6.02. The summed E-state index contributed by atoms with van der Waals surface area (Å²) in [5.74, 6) is 0.774. The zero-order chi connectivity index (χ0) is 10.1. The smallest absolute Gasteiger partial charge is 0.135 e. The fourth-order valence-electron chi connectivity index (χ4n) is 1.28. The SMILES string of the molecule is COc1ccc2nc(C)cnc2c1Br. The molecule has 0 unspecified atom stereocenters. The van der Waals surface area contributed by atoms with Crippen molar-refractivity contribution in [1.29, 1.82) is 0 Å². The summed E-state index contributed by atoms with van der Waals surface area (Å²) in [6, 6.07) is 3.78. The predicted molar refractivity (Wildman–Crippen MR) is 58.5 cm³/mol. The molecule has 14 heavy (non-hydrogen) atoms. The summed E-state index contributed by atoms with van der Waals surface area (Å²) in [6.07, 6.45) is 1.74. The lowest BCUT2D eigenvalue weighted by molar-refractivity contribution is 0.413. The van der Waals surface area contributed by atoms with Gasteiger partial charge in [0.25, 0.3) is 0 Å². The molecular formula is C10H9BrN2O. The third-order valence-electron chi connectivity index (χ3n) is 1.96. The normalized spacial score (nSPS) is 10.5. The molecule has 0 bridgehead atoms. The number of halogens is 1. The first kappa shape index (κ1) is 9.40. The van der Waals surface area contributed by atoms with Gasteiger partial charge in [0.15, 0.2) is 0 Å². The molecule has 0 aliphatic heterocycles. The van der Waals surface area contributed by atoms with E-state index in [2.05, 4.69) is 25.9 Å². The van der Waals surface area contributed by atoms with Crippen molar-refractivity contribution in [2.24, 2.45) is 0 Å². The van der Waals surface area contributed by atoms with E-state index in [0.29, 0.717) is 0 Å². The standard InChI is InChI=1S/C10H9BrN2O/c1-6-5-12-10-7(13-6)3-4-8(14-2)9(10)11/h3-5H,1-2H3. The van der Waals surface area contributed by atoms with Crippen molar-refractivity contribution in [1.82, 2.24) is 9.97 Å². The minimum atomic E-state index is 0.774. The first-order valence-corrected chi connectivity index (χ1v) is 4.97. The molecule has 0 fully saturated rings. The Morgan fingerprint density at radius 3 is 2.86 bits per heavy atom. The molecule has 0 atom stereocenters. The quantitative estimate of drug-likeness (QED) is 0.783. The van der Waals surface area contributed by atoms with Crippen LogP contribution in [0, 0.1) is 6.92 Å². The number of benzene rings is 1. The van der Waals surface area contributed by atoms with Crippen LogP contribution in [0.15, 0.2) is 22.8 Å². The lowest BCUT2D eigenvalue weighted by atomic mass is 10.3. The summed E-state index contributed by atoms with van der Waals surface area (Å²) in [7, 11) is 1.63. The maximum atomic E-state index is 5.17. The largest absolute Gasteiger partial charge is 0.495 e. The molecule has 1 heterocycles. The van der Waals surface area contributed by atoms with Crippen molar-refractivity contribution in [3.8, 4) is 5.75 Å². The number of hydrogen-bond acceptors (Lipinski definition) is 3. The predicted octanol–water partition coefficient (Wildman–Crippen LogP) is 2.71. The highest BCUT2D eigenvalue weighted by molar-refractivity contribution is 9.10. The van der Waals surface area contributed by atoms with Crippen molar-refractivity contribution in [2.45, 2.75) is 6.92 Å². The molecule has 2 aromatic rings. The maximum Gasteiger partial charge on any atom is 0.135 e. The molecule has 2 rings (SSSR count). The Balaban J connectivity index is 2.77. The van der Waals surface area contributed by atoms with Crippen LogP contribution in [0.2, 0.25) is 0 Å². The Bertz CT molecular complexity index is 485. The Labute approximate surface area is 90.3 Å². The number of aryl methyl sites for hydroxylation is 1. The van der Waals surface area contributed by atoms with E-state index in [0.717, 1.165) is 26.9 Å². The molecule has 0 radical (unpaired) electrons. The minimum absolute atomic E-state index is 0.774. The van der Waals surface area contributed by atoms with Crippen molar-refractivity contribution < 1.29 is 4.74 Å². The molecule has 0 aliphatic rings. The molecule has 1 aromatic heterocycles. The van der Waals surface area contributed by atoms with Gasteiger partial charge >= 0.3 is 0 Å². The van der Waals surface area contributed by atoms with E-state index in [9.17, 15) is 0 Å². The van der Waals surface area contributed by atoms with Crippen LogP contribution >= 0.6 is 15.9 Å². The Hall–Kier alpha value is -1.16. The number of rotatable bonds is 1. The van der Waals surface area contributed by atoms with Gasteiger partial charge in [0, 0.05) is 6.20 Å². The molecule has 4 heteroatoms. The molecule has 0 spiro atoms. The van der Waals surface area contributed by atoms with Crippen LogP contribution in [-0.2, 0) is 0 Å². The first-order chi connectivity index (χ1) is 6.72. The molecule has 0 aliphatic carbocycles. The zero-order valence-corrected chi connectivity index (χ0v) is 9.50. The van der Waals surface area contributed by atoms with E-state index in [1.807, 2.05) is 19.1 Å². The lowest BCUT2D eigenvalue weighted by Gasteiger charge is -2.05. The summed E-state index contributed by atoms with van der Waals surface area (Å²) in [4.78, 5) is 8.66. The van der Waals surface area contributed by atoms with Gasteiger partial charge in [-0.25, -0.2) is 4.98 Å². The molecule has 0 amide bonds. The van der Waals surface area contributed by atoms with Crippen molar-refractivity contribution in [2.75, 3.05) is 7.11 Å². The van der Waals surface area contributed by atoms with E-state index in [1.54, 1.807) is 13.3 Å². The van der Waals surface area contributed by atoms with Gasteiger partial charge in [0.2, 0.25) is 0 Å². The average molecular weight is 253 g/mol. The Morgan fingerprint density at radius 1 is 1.36 bits per heavy atom. The van der Waals surface area contributed by atoms with Gasteiger partial charge in [0.1, 0.15) is 11.3 Å². The monoisotopic (exact) mass is 252 g/mol. The second kappa shape index (κ2) is 3.53. The number of hydrogen-bond donors (Lipinski definition) is 0. The summed E-state index contributed by atoms with van der Waals surface area (Å²) >= 11 is 3.44. The van der Waals surface area contributed by atoms with Gasteiger partial charge in [0.05, 0.1) is 22.8 Å². The van der Waals surface area contributed by atoms with Crippen LogP contribution in [0.1, 0.15) is 5.69 Å². The van der Waals surface area contributed by atoms with E-state index in [-0.39, 0.29) is 0 Å². The molecule has 0 saturated carbocycles. The summed E-state index contributed by atoms with van der Waals surface area (Å²) in [5.41, 5.74) is 2.61. The lowest BCUT2D eigenvalue weighted by Crippen LogP contribution is -1.91. The Kier molecular flexibility index (Phi) is 2.37. The maximum absolute atomic E-state index is 5.17. The molecular weight excluding hydrogens is 244 g/mol. The number of methoxy groups -OCH3 is 1. The highest BCUT2D eigenvalue weighted by Gasteiger charge is 2.06. The average Bonchev–Trinajstić information content (AvgIpc) is 2.18. The van der Waals surface area contributed by atoms with E-state index < -0.39 is 0 Å². The third kappa shape index (κ3) is 1.46. The van der Waals surface area contributed by atoms with Crippen LogP contribution in [0.25, 0.3) is 11.0 Å².